The van der Waals surface area contributed by atoms with Gasteiger partial charge in [-0.25, -0.2) is 15.0 Å². The van der Waals surface area contributed by atoms with E-state index in [-0.39, 0.29) is 17.8 Å². The Balaban J connectivity index is 1.32. The molecular formula is C34H33N7O3. The number of aromatic nitrogens is 6. The number of nitrogens with one attached hydrogen (secondary N) is 1. The first kappa shape index (κ1) is 27.7. The molecule has 2 aromatic carbocycles. The lowest BCUT2D eigenvalue weighted by Gasteiger charge is -2.24. The Morgan fingerprint density at radius 2 is 1.95 bits per heavy atom. The summed E-state index contributed by atoms with van der Waals surface area (Å²) in [6.07, 6.45) is 9.85. The molecule has 1 unspecified atom stereocenters. The maximum Gasteiger partial charge on any atom is 0.259 e. The van der Waals surface area contributed by atoms with Gasteiger partial charge in [0, 0.05) is 30.3 Å². The number of ether oxygens (including phenoxy) is 2. The molecule has 1 saturated heterocycles. The summed E-state index contributed by atoms with van der Waals surface area (Å²) in [6.45, 7) is 3.15. The Morgan fingerprint density at radius 1 is 1.07 bits per heavy atom. The van der Waals surface area contributed by atoms with E-state index in [1.54, 1.807) is 32.2 Å². The van der Waals surface area contributed by atoms with Crippen LogP contribution in [0.2, 0.25) is 0 Å². The Bertz CT molecular complexity index is 1980. The monoisotopic (exact) mass is 587 g/mol. The summed E-state index contributed by atoms with van der Waals surface area (Å²) in [5.74, 6) is 1.37. The molecule has 1 N–H and O–H groups in total. The summed E-state index contributed by atoms with van der Waals surface area (Å²) >= 11 is 0. The second-order valence-electron chi connectivity index (χ2n) is 11.1. The highest BCUT2D eigenvalue weighted by atomic mass is 16.5. The van der Waals surface area contributed by atoms with Crippen molar-refractivity contribution in [2.45, 2.75) is 45.0 Å². The van der Waals surface area contributed by atoms with Crippen LogP contribution in [-0.2, 0) is 11.3 Å². The maximum absolute atomic E-state index is 14.5. The third-order valence-corrected chi connectivity index (χ3v) is 8.26. The number of methoxy groups -OCH3 is 1. The molecule has 0 aliphatic carbocycles. The van der Waals surface area contributed by atoms with Gasteiger partial charge in [0.1, 0.15) is 18.3 Å². The summed E-state index contributed by atoms with van der Waals surface area (Å²) in [5, 5.41) is 5.05. The van der Waals surface area contributed by atoms with Gasteiger partial charge >= 0.3 is 0 Å². The minimum absolute atomic E-state index is 0.0759. The van der Waals surface area contributed by atoms with Crippen molar-refractivity contribution < 1.29 is 9.47 Å². The average Bonchev–Trinajstić information content (AvgIpc) is 3.52. The molecule has 0 saturated carbocycles. The largest absolute Gasteiger partial charge is 0.497 e. The summed E-state index contributed by atoms with van der Waals surface area (Å²) in [7, 11) is 1.64. The van der Waals surface area contributed by atoms with Gasteiger partial charge in [0.05, 0.1) is 31.4 Å². The zero-order valence-electron chi connectivity index (χ0n) is 24.7. The van der Waals surface area contributed by atoms with Crippen molar-refractivity contribution in [2.75, 3.05) is 19.0 Å². The average molecular weight is 588 g/mol. The van der Waals surface area contributed by atoms with Crippen molar-refractivity contribution in [3.63, 3.8) is 0 Å². The molecule has 1 fully saturated rings. The van der Waals surface area contributed by atoms with E-state index in [1.807, 2.05) is 70.7 Å². The van der Waals surface area contributed by atoms with Crippen LogP contribution in [0.1, 0.15) is 49.7 Å². The van der Waals surface area contributed by atoms with Gasteiger partial charge in [0.2, 0.25) is 0 Å². The van der Waals surface area contributed by atoms with Gasteiger partial charge < -0.3 is 19.4 Å². The Labute approximate surface area is 254 Å². The quantitative estimate of drug-likeness (QED) is 0.227. The van der Waals surface area contributed by atoms with Crippen LogP contribution in [0.25, 0.3) is 33.1 Å². The van der Waals surface area contributed by atoms with Crippen LogP contribution >= 0.6 is 0 Å². The van der Waals surface area contributed by atoms with Crippen molar-refractivity contribution in [1.82, 2.24) is 29.1 Å². The van der Waals surface area contributed by atoms with Crippen LogP contribution in [0.15, 0.2) is 90.5 Å². The summed E-state index contributed by atoms with van der Waals surface area (Å²) in [6, 6.07) is 19.4. The first-order valence-corrected chi connectivity index (χ1v) is 14.9. The number of fused-ring (bicyclic) bond motifs is 2. The lowest BCUT2D eigenvalue weighted by Crippen LogP contribution is -2.28. The van der Waals surface area contributed by atoms with E-state index in [4.69, 9.17) is 9.47 Å². The minimum atomic E-state index is -0.290. The van der Waals surface area contributed by atoms with Crippen LogP contribution < -0.4 is 15.6 Å². The molecule has 0 bridgehead atoms. The highest BCUT2D eigenvalue weighted by molar-refractivity contribution is 5.96. The second-order valence-corrected chi connectivity index (χ2v) is 11.1. The molecule has 1 aliphatic rings. The fourth-order valence-electron chi connectivity index (χ4n) is 6.01. The number of rotatable bonds is 8. The Morgan fingerprint density at radius 3 is 2.73 bits per heavy atom. The van der Waals surface area contributed by atoms with Crippen LogP contribution in [-0.4, -0.2) is 42.8 Å². The predicted octanol–water partition coefficient (Wildman–Crippen LogP) is 6.13. The first-order valence-electron chi connectivity index (χ1n) is 14.9. The van der Waals surface area contributed by atoms with E-state index in [1.165, 1.54) is 0 Å². The van der Waals surface area contributed by atoms with Gasteiger partial charge in [0.15, 0.2) is 17.0 Å². The number of hydrogen-bond acceptors (Lipinski definition) is 8. The maximum atomic E-state index is 14.5. The summed E-state index contributed by atoms with van der Waals surface area (Å²) in [4.78, 5) is 32.5. The number of pyridine rings is 2. The summed E-state index contributed by atoms with van der Waals surface area (Å²) in [5.41, 5.74) is 4.86. The van der Waals surface area contributed by atoms with E-state index in [0.717, 1.165) is 65.0 Å². The molecule has 4 aromatic heterocycles. The number of anilines is 1. The third-order valence-electron chi connectivity index (χ3n) is 8.26. The third kappa shape index (κ3) is 5.17. The molecule has 0 amide bonds. The van der Waals surface area contributed by atoms with Gasteiger partial charge in [0.25, 0.3) is 5.56 Å². The van der Waals surface area contributed by atoms with E-state index in [2.05, 4.69) is 31.3 Å². The SMILES string of the molecule is COc1ccc(Cn2c([C@H](C)Nc3ncnc4c3ncn4C3CCCCO3)cc3cccc(-c4cccnc4)c3c2=O)cc1. The van der Waals surface area contributed by atoms with Crippen LogP contribution in [0.4, 0.5) is 5.82 Å². The van der Waals surface area contributed by atoms with E-state index >= 15 is 0 Å². The molecule has 0 radical (unpaired) electrons. The molecule has 44 heavy (non-hydrogen) atoms. The van der Waals surface area contributed by atoms with Crippen molar-refractivity contribution >= 4 is 27.8 Å². The lowest BCUT2D eigenvalue weighted by atomic mass is 9.99. The first-order chi connectivity index (χ1) is 21.6. The predicted molar refractivity (Wildman–Crippen MR) is 170 cm³/mol. The molecule has 6 aromatic rings. The zero-order chi connectivity index (χ0) is 30.0. The van der Waals surface area contributed by atoms with Gasteiger partial charge in [-0.2, -0.15) is 0 Å². The van der Waals surface area contributed by atoms with Crippen LogP contribution in [0.5, 0.6) is 5.75 Å². The van der Waals surface area contributed by atoms with E-state index in [9.17, 15) is 4.79 Å². The molecule has 10 nitrogen and oxygen atoms in total. The van der Waals surface area contributed by atoms with Crippen LogP contribution in [0.3, 0.4) is 0 Å². The fourth-order valence-corrected chi connectivity index (χ4v) is 6.01. The smallest absolute Gasteiger partial charge is 0.259 e. The van der Waals surface area contributed by atoms with Crippen molar-refractivity contribution in [3.8, 4) is 16.9 Å². The summed E-state index contributed by atoms with van der Waals surface area (Å²) < 4.78 is 15.2. The van der Waals surface area contributed by atoms with Gasteiger partial charge in [-0.15, -0.1) is 0 Å². The van der Waals surface area contributed by atoms with Gasteiger partial charge in [-0.3, -0.25) is 14.3 Å². The number of benzene rings is 2. The molecule has 222 valence electrons. The number of nitrogens with zero attached hydrogens (tertiary/aromatic N) is 6. The lowest BCUT2D eigenvalue weighted by molar-refractivity contribution is -0.0298. The van der Waals surface area contributed by atoms with E-state index in [0.29, 0.717) is 23.3 Å². The molecule has 1 aliphatic heterocycles. The molecule has 0 spiro atoms. The van der Waals surface area contributed by atoms with E-state index < -0.39 is 0 Å². The highest BCUT2D eigenvalue weighted by Crippen LogP contribution is 2.31. The molecule has 7 rings (SSSR count). The van der Waals surface area contributed by atoms with Crippen molar-refractivity contribution in [1.29, 1.82) is 0 Å². The Kier molecular flexibility index (Phi) is 7.49. The Hall–Kier alpha value is -5.09. The molecular weight excluding hydrogens is 554 g/mol. The minimum Gasteiger partial charge on any atom is -0.497 e. The normalized spacial score (nSPS) is 15.8. The topological polar surface area (TPSA) is 109 Å². The number of hydrogen-bond donors (Lipinski definition) is 1. The van der Waals surface area contributed by atoms with Crippen molar-refractivity contribution in [2.24, 2.45) is 0 Å². The standard InChI is InChI=1S/C34H33N7O3/c1-22(39-32-31-33(37-20-36-32)41(21-38-31)29-10-3-4-16-44-29)28-17-24-7-5-9-27(25-8-6-15-35-18-25)30(24)34(42)40(28)19-23-11-13-26(43-2)14-12-23/h5-9,11-15,17-18,20-22,29H,3-4,10,16,19H2,1-2H3,(H,36,37,39)/t22-,29?/m0/s1. The second kappa shape index (κ2) is 11.9. The molecule has 5 heterocycles. The fraction of sp³-hybridized carbons (Fsp3) is 0.265. The van der Waals surface area contributed by atoms with Crippen LogP contribution in [0, 0.1) is 0 Å². The number of imidazole rings is 1. The highest BCUT2D eigenvalue weighted by Gasteiger charge is 2.22. The molecule has 10 heteroatoms. The zero-order valence-corrected chi connectivity index (χ0v) is 24.7. The van der Waals surface area contributed by atoms with Gasteiger partial charge in [-0.1, -0.05) is 36.4 Å². The van der Waals surface area contributed by atoms with Crippen molar-refractivity contribution in [3.05, 3.63) is 107 Å². The van der Waals surface area contributed by atoms with Gasteiger partial charge in [-0.05, 0) is 67.0 Å². The molecule has 2 atom stereocenters.